The lowest BCUT2D eigenvalue weighted by molar-refractivity contribution is -0.133. The Morgan fingerprint density at radius 3 is 2.45 bits per heavy atom. The number of piperazine rings is 1. The van der Waals surface area contributed by atoms with Crippen molar-refractivity contribution in [2.24, 2.45) is 5.92 Å². The van der Waals surface area contributed by atoms with E-state index < -0.39 is 0 Å². The number of hydrogen-bond acceptors (Lipinski definition) is 8. The molecule has 0 unspecified atom stereocenters. The van der Waals surface area contributed by atoms with Gasteiger partial charge in [-0.2, -0.15) is 5.26 Å². The highest BCUT2D eigenvalue weighted by Gasteiger charge is 2.28. The first-order valence-corrected chi connectivity index (χ1v) is 11.5. The van der Waals surface area contributed by atoms with Crippen molar-refractivity contribution < 1.29 is 13.9 Å². The maximum absolute atomic E-state index is 12.8. The summed E-state index contributed by atoms with van der Waals surface area (Å²) in [4.78, 5) is 25.7. The largest absolute Gasteiger partial charge is 0.424 e. The van der Waals surface area contributed by atoms with Crippen molar-refractivity contribution in [3.8, 4) is 6.07 Å². The standard InChI is InChI=1S/C22H34N6O3/c1-18-24-20(16-23)22(31-18)28-10-8-27(9-11-28)21(29)17-26-6-3-19(4-7-26)2-5-25-12-14-30-15-13-25/h19H,2-15,17H2,1H3. The van der Waals surface area contributed by atoms with Gasteiger partial charge in [0.15, 0.2) is 5.89 Å². The molecule has 9 nitrogen and oxygen atoms in total. The van der Waals surface area contributed by atoms with E-state index in [1.54, 1.807) is 6.92 Å². The number of oxazole rings is 1. The molecule has 0 atom stereocenters. The summed E-state index contributed by atoms with van der Waals surface area (Å²) < 4.78 is 11.0. The van der Waals surface area contributed by atoms with Gasteiger partial charge in [0.1, 0.15) is 6.07 Å². The molecule has 0 spiro atoms. The quantitative estimate of drug-likeness (QED) is 0.659. The highest BCUT2D eigenvalue weighted by atomic mass is 16.5. The third-order valence-corrected chi connectivity index (χ3v) is 6.76. The maximum atomic E-state index is 12.8. The Bertz CT molecular complexity index is 769. The van der Waals surface area contributed by atoms with Gasteiger partial charge >= 0.3 is 0 Å². The van der Waals surface area contributed by atoms with Gasteiger partial charge in [0.05, 0.1) is 19.8 Å². The normalized spacial score (nSPS) is 21.9. The third-order valence-electron chi connectivity index (χ3n) is 6.76. The molecule has 1 aromatic heterocycles. The number of morpholine rings is 1. The summed E-state index contributed by atoms with van der Waals surface area (Å²) in [5, 5.41) is 9.23. The molecule has 3 aliphatic heterocycles. The van der Waals surface area contributed by atoms with Crippen LogP contribution in [-0.4, -0.2) is 104 Å². The number of anilines is 1. The van der Waals surface area contributed by atoms with E-state index in [0.717, 1.165) is 45.3 Å². The van der Waals surface area contributed by atoms with E-state index >= 15 is 0 Å². The van der Waals surface area contributed by atoms with E-state index in [0.29, 0.717) is 50.2 Å². The van der Waals surface area contributed by atoms with Crippen LogP contribution in [0.5, 0.6) is 0 Å². The molecule has 4 rings (SSSR count). The van der Waals surface area contributed by atoms with E-state index in [1.807, 2.05) is 9.80 Å². The lowest BCUT2D eigenvalue weighted by Crippen LogP contribution is -2.52. The van der Waals surface area contributed by atoms with Crippen LogP contribution in [0.1, 0.15) is 30.8 Å². The molecule has 0 aromatic carbocycles. The minimum absolute atomic E-state index is 0.209. The Morgan fingerprint density at radius 1 is 1.06 bits per heavy atom. The zero-order valence-corrected chi connectivity index (χ0v) is 18.6. The average molecular weight is 431 g/mol. The van der Waals surface area contributed by atoms with E-state index in [-0.39, 0.29) is 5.91 Å². The average Bonchev–Trinajstić information content (AvgIpc) is 3.20. The Balaban J connectivity index is 1.16. The topological polar surface area (TPSA) is 89.1 Å². The number of aryl methyl sites for hydroxylation is 1. The van der Waals surface area contributed by atoms with Crippen LogP contribution in [0.25, 0.3) is 0 Å². The number of likely N-dealkylation sites (tertiary alicyclic amines) is 1. The zero-order chi connectivity index (χ0) is 21.6. The lowest BCUT2D eigenvalue weighted by Gasteiger charge is -2.37. The van der Waals surface area contributed by atoms with Crippen molar-refractivity contribution in [2.75, 3.05) is 83.6 Å². The van der Waals surface area contributed by atoms with Gasteiger partial charge in [0.25, 0.3) is 0 Å². The number of piperidine rings is 1. The first-order valence-electron chi connectivity index (χ1n) is 11.5. The van der Waals surface area contributed by atoms with Crippen LogP contribution in [0, 0.1) is 24.2 Å². The van der Waals surface area contributed by atoms with Crippen LogP contribution in [-0.2, 0) is 9.53 Å². The summed E-state index contributed by atoms with van der Waals surface area (Å²) in [6.07, 6.45) is 3.63. The number of hydrogen-bond donors (Lipinski definition) is 0. The summed E-state index contributed by atoms with van der Waals surface area (Å²) in [7, 11) is 0. The monoisotopic (exact) mass is 430 g/mol. The molecule has 1 amide bonds. The van der Waals surface area contributed by atoms with Gasteiger partial charge in [-0.25, -0.2) is 4.98 Å². The van der Waals surface area contributed by atoms with Crippen LogP contribution in [0.15, 0.2) is 4.42 Å². The molecule has 170 valence electrons. The van der Waals surface area contributed by atoms with Crippen molar-refractivity contribution in [3.63, 3.8) is 0 Å². The van der Waals surface area contributed by atoms with Gasteiger partial charge < -0.3 is 19.0 Å². The Labute approximate surface area is 184 Å². The minimum atomic E-state index is 0.209. The number of rotatable bonds is 6. The van der Waals surface area contributed by atoms with Gasteiger partial charge in [-0.05, 0) is 44.8 Å². The predicted molar refractivity (Wildman–Crippen MR) is 116 cm³/mol. The van der Waals surface area contributed by atoms with Crippen LogP contribution in [0.2, 0.25) is 0 Å². The fraction of sp³-hybridized carbons (Fsp3) is 0.773. The Kier molecular flexibility index (Phi) is 7.43. The lowest BCUT2D eigenvalue weighted by atomic mass is 9.93. The molecule has 0 N–H and O–H groups in total. The molecule has 31 heavy (non-hydrogen) atoms. The molecule has 3 aliphatic rings. The van der Waals surface area contributed by atoms with Crippen molar-refractivity contribution >= 4 is 11.8 Å². The van der Waals surface area contributed by atoms with E-state index in [1.165, 1.54) is 25.8 Å². The Hall–Kier alpha value is -2.15. The van der Waals surface area contributed by atoms with E-state index in [4.69, 9.17) is 9.15 Å². The van der Waals surface area contributed by atoms with Crippen LogP contribution < -0.4 is 4.90 Å². The molecule has 0 radical (unpaired) electrons. The highest BCUT2D eigenvalue weighted by molar-refractivity contribution is 5.78. The van der Waals surface area contributed by atoms with Crippen molar-refractivity contribution in [1.29, 1.82) is 5.26 Å². The molecular formula is C22H34N6O3. The SMILES string of the molecule is Cc1nc(C#N)c(N2CCN(C(=O)CN3CCC(CCN4CCOCC4)CC3)CC2)o1. The van der Waals surface area contributed by atoms with Gasteiger partial charge in [-0.3, -0.25) is 14.6 Å². The highest BCUT2D eigenvalue weighted by Crippen LogP contribution is 2.23. The number of carbonyl (C=O) groups is 1. The number of ether oxygens (including phenoxy) is 1. The zero-order valence-electron chi connectivity index (χ0n) is 18.6. The van der Waals surface area contributed by atoms with Crippen molar-refractivity contribution in [3.05, 3.63) is 11.6 Å². The number of nitrogens with zero attached hydrogens (tertiary/aromatic N) is 6. The summed E-state index contributed by atoms with van der Waals surface area (Å²) in [5.74, 6) is 2.02. The Morgan fingerprint density at radius 2 is 1.77 bits per heavy atom. The number of aromatic nitrogens is 1. The number of amides is 1. The first kappa shape index (κ1) is 22.1. The maximum Gasteiger partial charge on any atom is 0.236 e. The van der Waals surface area contributed by atoms with Gasteiger partial charge in [0.2, 0.25) is 17.5 Å². The molecule has 1 aromatic rings. The molecule has 9 heteroatoms. The molecule has 0 aliphatic carbocycles. The second-order valence-electron chi connectivity index (χ2n) is 8.83. The van der Waals surface area contributed by atoms with Gasteiger partial charge in [-0.1, -0.05) is 0 Å². The molecule has 4 heterocycles. The minimum Gasteiger partial charge on any atom is -0.424 e. The van der Waals surface area contributed by atoms with Crippen LogP contribution in [0.4, 0.5) is 5.88 Å². The fourth-order valence-corrected chi connectivity index (χ4v) is 4.78. The van der Waals surface area contributed by atoms with E-state index in [9.17, 15) is 10.1 Å². The third kappa shape index (κ3) is 5.76. The summed E-state index contributed by atoms with van der Waals surface area (Å²) in [6, 6.07) is 2.09. The number of nitriles is 1. The van der Waals surface area contributed by atoms with Crippen molar-refractivity contribution in [1.82, 2.24) is 19.7 Å². The fourth-order valence-electron chi connectivity index (χ4n) is 4.78. The van der Waals surface area contributed by atoms with E-state index in [2.05, 4.69) is 20.9 Å². The molecule has 3 fully saturated rings. The second-order valence-corrected chi connectivity index (χ2v) is 8.83. The predicted octanol–water partition coefficient (Wildman–Crippen LogP) is 0.938. The van der Waals surface area contributed by atoms with Crippen molar-refractivity contribution in [2.45, 2.75) is 26.2 Å². The molecule has 0 bridgehead atoms. The molecule has 0 saturated carbocycles. The summed E-state index contributed by atoms with van der Waals surface area (Å²) in [5.41, 5.74) is 0.328. The first-order chi connectivity index (χ1) is 15.1. The smallest absolute Gasteiger partial charge is 0.236 e. The van der Waals surface area contributed by atoms with Gasteiger partial charge in [0, 0.05) is 46.2 Å². The molecular weight excluding hydrogens is 396 g/mol. The van der Waals surface area contributed by atoms with Crippen LogP contribution in [0.3, 0.4) is 0 Å². The molecule has 3 saturated heterocycles. The van der Waals surface area contributed by atoms with Gasteiger partial charge in [-0.15, -0.1) is 0 Å². The second kappa shape index (κ2) is 10.4. The summed E-state index contributed by atoms with van der Waals surface area (Å²) >= 11 is 0. The van der Waals surface area contributed by atoms with Crippen LogP contribution >= 0.6 is 0 Å². The summed E-state index contributed by atoms with van der Waals surface area (Å²) in [6.45, 7) is 12.0. The number of carbonyl (C=O) groups excluding carboxylic acids is 1.